The average Bonchev–Trinajstić information content (AvgIpc) is 2.64. The lowest BCUT2D eigenvalue weighted by Gasteiger charge is -2.05. The maximum atomic E-state index is 11.2. The Labute approximate surface area is 100 Å². The normalized spacial score (nSPS) is 10.1. The number of halogens is 2. The minimum atomic E-state index is -1.17. The first-order valence-corrected chi connectivity index (χ1v) is 5.56. The first-order valence-electron chi connectivity index (χ1n) is 3.81. The van der Waals surface area contributed by atoms with Crippen LogP contribution < -0.4 is 5.32 Å². The minimum Gasteiger partial charge on any atom is -0.465 e. The highest BCUT2D eigenvalue weighted by atomic mass is 35.5. The molecule has 0 aliphatic rings. The molecule has 0 unspecified atom stereocenters. The summed E-state index contributed by atoms with van der Waals surface area (Å²) in [5, 5.41) is 4.06. The van der Waals surface area contributed by atoms with E-state index < -0.39 is 16.7 Å². The van der Waals surface area contributed by atoms with Crippen LogP contribution in [0.2, 0.25) is 0 Å². The van der Waals surface area contributed by atoms with E-state index in [0.717, 1.165) is 11.3 Å². The fourth-order valence-electron chi connectivity index (χ4n) is 0.846. The smallest absolute Gasteiger partial charge is 0.350 e. The van der Waals surface area contributed by atoms with Crippen molar-refractivity contribution in [2.75, 3.05) is 12.4 Å². The fraction of sp³-hybridized carbons (Fsp3) is 0.250. The molecule has 1 aromatic heterocycles. The second kappa shape index (κ2) is 5.34. The Morgan fingerprint density at radius 3 is 2.73 bits per heavy atom. The van der Waals surface area contributed by atoms with Crippen molar-refractivity contribution in [2.45, 2.75) is 4.84 Å². The number of rotatable bonds is 3. The largest absolute Gasteiger partial charge is 0.465 e. The molecule has 1 aromatic rings. The van der Waals surface area contributed by atoms with Gasteiger partial charge in [-0.05, 0) is 11.4 Å². The molecule has 82 valence electrons. The zero-order valence-electron chi connectivity index (χ0n) is 7.62. The maximum Gasteiger partial charge on any atom is 0.350 e. The molecule has 1 heterocycles. The van der Waals surface area contributed by atoms with E-state index in [1.807, 2.05) is 0 Å². The predicted octanol–water partition coefficient (Wildman–Crippen LogP) is 2.28. The topological polar surface area (TPSA) is 55.4 Å². The van der Waals surface area contributed by atoms with Crippen molar-refractivity contribution in [2.24, 2.45) is 0 Å². The number of amides is 1. The molecule has 0 bridgehead atoms. The molecule has 0 atom stereocenters. The van der Waals surface area contributed by atoms with E-state index in [1.54, 1.807) is 11.4 Å². The van der Waals surface area contributed by atoms with E-state index in [1.165, 1.54) is 7.11 Å². The van der Waals surface area contributed by atoms with E-state index in [2.05, 4.69) is 10.1 Å². The van der Waals surface area contributed by atoms with Crippen LogP contribution in [0.15, 0.2) is 11.4 Å². The molecule has 0 radical (unpaired) electrons. The second-order valence-corrected chi connectivity index (χ2v) is 4.46. The van der Waals surface area contributed by atoms with Crippen molar-refractivity contribution in [3.8, 4) is 0 Å². The summed E-state index contributed by atoms with van der Waals surface area (Å²) < 4.78 is 4.53. The van der Waals surface area contributed by atoms with Gasteiger partial charge in [0.05, 0.1) is 12.8 Å². The summed E-state index contributed by atoms with van der Waals surface area (Å²) >= 11 is 11.9. The Morgan fingerprint density at radius 1 is 1.53 bits per heavy atom. The number of carbonyl (C=O) groups is 2. The number of esters is 1. The summed E-state index contributed by atoms with van der Waals surface area (Å²) in [6.45, 7) is 0. The average molecular weight is 268 g/mol. The van der Waals surface area contributed by atoms with Gasteiger partial charge in [0.1, 0.15) is 4.88 Å². The van der Waals surface area contributed by atoms with Crippen molar-refractivity contribution in [1.29, 1.82) is 0 Å². The van der Waals surface area contributed by atoms with E-state index in [4.69, 9.17) is 23.2 Å². The lowest BCUT2D eigenvalue weighted by Crippen LogP contribution is -2.19. The van der Waals surface area contributed by atoms with Crippen LogP contribution in [0.1, 0.15) is 9.67 Å². The Hall–Kier alpha value is -0.780. The first kappa shape index (κ1) is 12.3. The number of ether oxygens (including phenoxy) is 1. The van der Waals surface area contributed by atoms with Gasteiger partial charge in [-0.25, -0.2) is 4.79 Å². The van der Waals surface area contributed by atoms with Gasteiger partial charge in [0.2, 0.25) is 0 Å². The zero-order chi connectivity index (χ0) is 11.4. The van der Waals surface area contributed by atoms with E-state index in [0.29, 0.717) is 10.6 Å². The van der Waals surface area contributed by atoms with Crippen molar-refractivity contribution >= 4 is 52.1 Å². The van der Waals surface area contributed by atoms with Crippen molar-refractivity contribution < 1.29 is 14.3 Å². The standard InChI is InChI=1S/C8H7Cl2NO3S/c1-14-8(13)5-4(2-3-15-5)11-7(12)6(9)10/h2-3,6H,1H3,(H,11,12). The SMILES string of the molecule is COC(=O)c1sccc1NC(=O)C(Cl)Cl. The lowest BCUT2D eigenvalue weighted by molar-refractivity contribution is -0.114. The molecule has 0 spiro atoms. The van der Waals surface area contributed by atoms with Crippen molar-refractivity contribution in [1.82, 2.24) is 0 Å². The van der Waals surface area contributed by atoms with Gasteiger partial charge in [-0.15, -0.1) is 11.3 Å². The summed E-state index contributed by atoms with van der Waals surface area (Å²) in [7, 11) is 1.26. The number of nitrogens with one attached hydrogen (secondary N) is 1. The molecule has 15 heavy (non-hydrogen) atoms. The molecular weight excluding hydrogens is 261 g/mol. The van der Waals surface area contributed by atoms with Gasteiger partial charge in [-0.3, -0.25) is 4.79 Å². The van der Waals surface area contributed by atoms with Gasteiger partial charge in [0, 0.05) is 0 Å². The third kappa shape index (κ3) is 3.09. The maximum absolute atomic E-state index is 11.2. The highest BCUT2D eigenvalue weighted by Crippen LogP contribution is 2.23. The number of thiophene rings is 1. The van der Waals surface area contributed by atoms with Crippen molar-refractivity contribution in [3.63, 3.8) is 0 Å². The number of carbonyl (C=O) groups excluding carboxylic acids is 2. The van der Waals surface area contributed by atoms with Gasteiger partial charge < -0.3 is 10.1 Å². The quantitative estimate of drug-likeness (QED) is 0.675. The fourth-order valence-corrected chi connectivity index (χ4v) is 1.72. The molecule has 7 heteroatoms. The van der Waals surface area contributed by atoms with Gasteiger partial charge >= 0.3 is 5.97 Å². The Kier molecular flexibility index (Phi) is 4.38. The molecule has 1 N–H and O–H groups in total. The van der Waals surface area contributed by atoms with Crippen LogP contribution in [0.3, 0.4) is 0 Å². The molecule has 0 aliphatic heterocycles. The van der Waals surface area contributed by atoms with Gasteiger partial charge in [-0.2, -0.15) is 0 Å². The molecule has 0 saturated heterocycles. The van der Waals surface area contributed by atoms with Gasteiger partial charge in [0.15, 0.2) is 4.84 Å². The molecule has 0 saturated carbocycles. The van der Waals surface area contributed by atoms with Crippen LogP contribution in [0, 0.1) is 0 Å². The van der Waals surface area contributed by atoms with Crippen LogP contribution in [0.25, 0.3) is 0 Å². The first-order chi connectivity index (χ1) is 7.06. The summed E-state index contributed by atoms with van der Waals surface area (Å²) in [5.74, 6) is -1.09. The van der Waals surface area contributed by atoms with Crippen LogP contribution in [0.4, 0.5) is 5.69 Å². The van der Waals surface area contributed by atoms with E-state index in [9.17, 15) is 9.59 Å². The molecule has 1 amide bonds. The second-order valence-electron chi connectivity index (χ2n) is 2.44. The third-order valence-electron chi connectivity index (χ3n) is 1.49. The van der Waals surface area contributed by atoms with Gasteiger partial charge in [-0.1, -0.05) is 23.2 Å². The van der Waals surface area contributed by atoms with Gasteiger partial charge in [0.25, 0.3) is 5.91 Å². The monoisotopic (exact) mass is 267 g/mol. The number of anilines is 1. The Bertz CT molecular complexity index is 378. The van der Waals surface area contributed by atoms with Crippen LogP contribution in [-0.2, 0) is 9.53 Å². The highest BCUT2D eigenvalue weighted by Gasteiger charge is 2.18. The Morgan fingerprint density at radius 2 is 2.20 bits per heavy atom. The molecule has 1 rings (SSSR count). The van der Waals surface area contributed by atoms with Crippen LogP contribution >= 0.6 is 34.5 Å². The number of alkyl halides is 2. The summed E-state index contributed by atoms with van der Waals surface area (Å²) in [6.07, 6.45) is 0. The molecular formula is C8H7Cl2NO3S. The predicted molar refractivity (Wildman–Crippen MR) is 59.8 cm³/mol. The summed E-state index contributed by atoms with van der Waals surface area (Å²) in [5.41, 5.74) is 0.350. The van der Waals surface area contributed by atoms with Crippen LogP contribution in [0.5, 0.6) is 0 Å². The third-order valence-corrected chi connectivity index (χ3v) is 2.78. The molecule has 0 aliphatic carbocycles. The van der Waals surface area contributed by atoms with Crippen LogP contribution in [-0.4, -0.2) is 23.8 Å². The van der Waals surface area contributed by atoms with E-state index in [-0.39, 0.29) is 0 Å². The van der Waals surface area contributed by atoms with E-state index >= 15 is 0 Å². The number of hydrogen-bond donors (Lipinski definition) is 1. The zero-order valence-corrected chi connectivity index (χ0v) is 9.95. The molecule has 0 aromatic carbocycles. The molecule has 0 fully saturated rings. The summed E-state index contributed by atoms with van der Waals surface area (Å²) in [6, 6.07) is 1.57. The minimum absolute atomic E-state index is 0.305. The summed E-state index contributed by atoms with van der Waals surface area (Å²) in [4.78, 5) is 21.5. The number of methoxy groups -OCH3 is 1. The Balaban J connectivity index is 2.82. The highest BCUT2D eigenvalue weighted by molar-refractivity contribution is 7.12. The number of hydrogen-bond acceptors (Lipinski definition) is 4. The lowest BCUT2D eigenvalue weighted by atomic mass is 10.4. The molecule has 4 nitrogen and oxygen atoms in total. The van der Waals surface area contributed by atoms with Crippen molar-refractivity contribution in [3.05, 3.63) is 16.3 Å².